The topological polar surface area (TPSA) is 33.0 Å². The Balaban J connectivity index is 2.14. The first-order valence-electron chi connectivity index (χ1n) is 5.37. The molecule has 0 atom stereocenters. The number of nitriles is 1. The van der Waals surface area contributed by atoms with Gasteiger partial charge in [0.2, 0.25) is 0 Å². The molecule has 2 nitrogen and oxygen atoms in total. The van der Waals surface area contributed by atoms with Crippen LogP contribution in [0, 0.1) is 11.3 Å². The minimum Gasteiger partial charge on any atom is -0.489 e. The van der Waals surface area contributed by atoms with E-state index in [4.69, 9.17) is 44.8 Å². The second-order valence-corrected chi connectivity index (χ2v) is 4.94. The minimum atomic E-state index is 0.212. The molecule has 2 aromatic carbocycles. The summed E-state index contributed by atoms with van der Waals surface area (Å²) in [6.07, 6.45) is 0. The molecule has 0 bridgehead atoms. The number of rotatable bonds is 3. The van der Waals surface area contributed by atoms with Crippen molar-refractivity contribution >= 4 is 34.8 Å². The molecule has 2 aromatic rings. The minimum absolute atomic E-state index is 0.212. The molecule has 0 aliphatic carbocycles. The van der Waals surface area contributed by atoms with Gasteiger partial charge >= 0.3 is 0 Å². The van der Waals surface area contributed by atoms with Crippen molar-refractivity contribution in [3.05, 3.63) is 62.6 Å². The Hall–Kier alpha value is -1.40. The van der Waals surface area contributed by atoms with E-state index in [1.54, 1.807) is 36.4 Å². The van der Waals surface area contributed by atoms with Crippen LogP contribution in [0.3, 0.4) is 0 Å². The van der Waals surface area contributed by atoms with Crippen LogP contribution in [0.4, 0.5) is 0 Å². The number of hydrogen-bond acceptors (Lipinski definition) is 2. The van der Waals surface area contributed by atoms with Gasteiger partial charge in [-0.05, 0) is 36.4 Å². The molecule has 0 N–H and O–H groups in total. The lowest BCUT2D eigenvalue weighted by Crippen LogP contribution is -1.97. The molecule has 5 heteroatoms. The fourth-order valence-electron chi connectivity index (χ4n) is 1.48. The molecule has 0 heterocycles. The quantitative estimate of drug-likeness (QED) is 0.739. The summed E-state index contributed by atoms with van der Waals surface area (Å²) in [5.41, 5.74) is 1.21. The Labute approximate surface area is 126 Å². The van der Waals surface area contributed by atoms with Crippen molar-refractivity contribution in [2.75, 3.05) is 0 Å². The van der Waals surface area contributed by atoms with Gasteiger partial charge in [0.1, 0.15) is 12.4 Å². The molecule has 0 aromatic heterocycles. The summed E-state index contributed by atoms with van der Waals surface area (Å²) in [4.78, 5) is 0. The smallest absolute Gasteiger partial charge is 0.119 e. The van der Waals surface area contributed by atoms with Gasteiger partial charge in [0.05, 0.1) is 21.7 Å². The molecule has 0 aliphatic heterocycles. The Bertz CT molecular complexity index is 632. The summed E-state index contributed by atoms with van der Waals surface area (Å²) in [6.45, 7) is 0.212. The second-order valence-electron chi connectivity index (χ2n) is 3.75. The summed E-state index contributed by atoms with van der Waals surface area (Å²) < 4.78 is 5.57. The third-order valence-corrected chi connectivity index (χ3v) is 3.70. The number of ether oxygens (including phenoxy) is 1. The first kappa shape index (κ1) is 14.0. The van der Waals surface area contributed by atoms with Crippen molar-refractivity contribution in [2.45, 2.75) is 6.61 Å². The van der Waals surface area contributed by atoms with Crippen molar-refractivity contribution < 1.29 is 4.74 Å². The number of hydrogen-bond donors (Lipinski definition) is 0. The summed E-state index contributed by atoms with van der Waals surface area (Å²) in [5.74, 6) is 0.631. The number of benzene rings is 2. The highest BCUT2D eigenvalue weighted by Crippen LogP contribution is 2.32. The molecule has 2 rings (SSSR count). The lowest BCUT2D eigenvalue weighted by atomic mass is 10.2. The first-order chi connectivity index (χ1) is 9.11. The average molecular weight is 313 g/mol. The van der Waals surface area contributed by atoms with E-state index in [0.717, 1.165) is 0 Å². The van der Waals surface area contributed by atoms with Gasteiger partial charge in [-0.2, -0.15) is 5.26 Å². The van der Waals surface area contributed by atoms with Crippen LogP contribution in [0.1, 0.15) is 11.1 Å². The predicted octanol–water partition coefficient (Wildman–Crippen LogP) is 5.10. The molecule has 0 spiro atoms. The van der Waals surface area contributed by atoms with Gasteiger partial charge in [0.15, 0.2) is 0 Å². The maximum atomic E-state index is 8.70. The van der Waals surface area contributed by atoms with E-state index in [2.05, 4.69) is 0 Å². The van der Waals surface area contributed by atoms with Crippen molar-refractivity contribution in [2.24, 2.45) is 0 Å². The van der Waals surface area contributed by atoms with Gasteiger partial charge in [-0.15, -0.1) is 0 Å². The van der Waals surface area contributed by atoms with Crippen molar-refractivity contribution in [3.63, 3.8) is 0 Å². The van der Waals surface area contributed by atoms with E-state index >= 15 is 0 Å². The van der Waals surface area contributed by atoms with Gasteiger partial charge in [0, 0.05) is 10.6 Å². The van der Waals surface area contributed by atoms with E-state index in [0.29, 0.717) is 31.9 Å². The van der Waals surface area contributed by atoms with E-state index in [1.165, 1.54) is 0 Å². The lowest BCUT2D eigenvalue weighted by Gasteiger charge is -2.10. The van der Waals surface area contributed by atoms with Crippen LogP contribution in [0.15, 0.2) is 36.4 Å². The lowest BCUT2D eigenvalue weighted by molar-refractivity contribution is 0.306. The third-order valence-electron chi connectivity index (χ3n) is 2.51. The fraction of sp³-hybridized carbons (Fsp3) is 0.0714. The highest BCUT2D eigenvalue weighted by Gasteiger charge is 2.10. The van der Waals surface area contributed by atoms with E-state index in [-0.39, 0.29) is 6.61 Å². The maximum absolute atomic E-state index is 8.70. The molecular weight excluding hydrogens is 305 g/mol. The van der Waals surface area contributed by atoms with Crippen LogP contribution in [-0.4, -0.2) is 0 Å². The SMILES string of the molecule is N#Cc1ccc(OCc2c(Cl)ccc(Cl)c2Cl)cc1. The highest BCUT2D eigenvalue weighted by molar-refractivity contribution is 6.44. The molecule has 0 saturated heterocycles. The monoisotopic (exact) mass is 311 g/mol. The summed E-state index contributed by atoms with van der Waals surface area (Å²) in [7, 11) is 0. The molecule has 0 unspecified atom stereocenters. The zero-order valence-corrected chi connectivity index (χ0v) is 11.9. The van der Waals surface area contributed by atoms with Gasteiger partial charge in [0.25, 0.3) is 0 Å². The average Bonchev–Trinajstić information content (AvgIpc) is 2.44. The summed E-state index contributed by atoms with van der Waals surface area (Å²) in [6, 6.07) is 12.1. The molecule has 96 valence electrons. The highest BCUT2D eigenvalue weighted by atomic mass is 35.5. The van der Waals surface area contributed by atoms with Crippen molar-refractivity contribution in [1.29, 1.82) is 5.26 Å². The van der Waals surface area contributed by atoms with Crippen molar-refractivity contribution in [1.82, 2.24) is 0 Å². The fourth-order valence-corrected chi connectivity index (χ4v) is 2.14. The Morgan fingerprint density at radius 2 is 1.58 bits per heavy atom. The van der Waals surface area contributed by atoms with Crippen LogP contribution >= 0.6 is 34.8 Å². The Morgan fingerprint density at radius 3 is 2.21 bits per heavy atom. The van der Waals surface area contributed by atoms with Gasteiger partial charge in [-0.3, -0.25) is 0 Å². The maximum Gasteiger partial charge on any atom is 0.119 e. The van der Waals surface area contributed by atoms with Crippen LogP contribution in [0.25, 0.3) is 0 Å². The first-order valence-corrected chi connectivity index (χ1v) is 6.50. The standard InChI is InChI=1S/C14H8Cl3NO/c15-12-5-6-13(16)14(17)11(12)8-19-10-3-1-9(7-18)2-4-10/h1-6H,8H2. The summed E-state index contributed by atoms with van der Waals surface area (Å²) in [5, 5.41) is 10.0. The van der Waals surface area contributed by atoms with Gasteiger partial charge < -0.3 is 4.74 Å². The van der Waals surface area contributed by atoms with Crippen LogP contribution in [0.2, 0.25) is 15.1 Å². The molecule has 0 fully saturated rings. The molecular formula is C14H8Cl3NO. The Morgan fingerprint density at radius 1 is 0.947 bits per heavy atom. The normalized spacial score (nSPS) is 10.0. The third kappa shape index (κ3) is 3.33. The number of nitrogens with zero attached hydrogens (tertiary/aromatic N) is 1. The van der Waals surface area contributed by atoms with E-state index < -0.39 is 0 Å². The van der Waals surface area contributed by atoms with E-state index in [1.807, 2.05) is 6.07 Å². The molecule has 0 amide bonds. The zero-order chi connectivity index (χ0) is 13.8. The summed E-state index contributed by atoms with van der Waals surface area (Å²) >= 11 is 18.0. The van der Waals surface area contributed by atoms with Gasteiger partial charge in [-0.1, -0.05) is 34.8 Å². The number of halogens is 3. The molecule has 0 aliphatic rings. The van der Waals surface area contributed by atoms with Gasteiger partial charge in [-0.25, -0.2) is 0 Å². The largest absolute Gasteiger partial charge is 0.489 e. The van der Waals surface area contributed by atoms with Crippen LogP contribution < -0.4 is 4.74 Å². The second kappa shape index (κ2) is 6.16. The molecule has 0 saturated carbocycles. The molecule has 19 heavy (non-hydrogen) atoms. The van der Waals surface area contributed by atoms with E-state index in [9.17, 15) is 0 Å². The molecule has 0 radical (unpaired) electrons. The van der Waals surface area contributed by atoms with Crippen LogP contribution in [0.5, 0.6) is 5.75 Å². The Kier molecular flexibility index (Phi) is 4.55. The van der Waals surface area contributed by atoms with Crippen molar-refractivity contribution in [3.8, 4) is 11.8 Å². The zero-order valence-electron chi connectivity index (χ0n) is 9.66. The predicted molar refractivity (Wildman–Crippen MR) is 77.0 cm³/mol. The van der Waals surface area contributed by atoms with Crippen LogP contribution in [-0.2, 0) is 6.61 Å².